The van der Waals surface area contributed by atoms with Crippen molar-refractivity contribution in [3.05, 3.63) is 63.5 Å². The predicted molar refractivity (Wildman–Crippen MR) is 105 cm³/mol. The number of hydrogen-bond acceptors (Lipinski definition) is 5. The standard InChI is InChI=1S/C18H14ClNO3S2/c1-22-15-8-11(9-16-17(21)20-18(24)25-16)6-7-14(15)23-10-12-4-2-3-5-13(12)19/h2-9H,10H2,1H3,(H,20,21,24)/b16-9-. The molecule has 4 nitrogen and oxygen atoms in total. The number of carbonyl (C=O) groups is 1. The van der Waals surface area contributed by atoms with Crippen molar-refractivity contribution in [1.29, 1.82) is 0 Å². The van der Waals surface area contributed by atoms with Gasteiger partial charge in [-0.05, 0) is 29.8 Å². The molecule has 2 aromatic rings. The van der Waals surface area contributed by atoms with Crippen molar-refractivity contribution in [2.45, 2.75) is 6.61 Å². The minimum absolute atomic E-state index is 0.187. The molecule has 7 heteroatoms. The molecule has 0 atom stereocenters. The molecule has 0 spiro atoms. The van der Waals surface area contributed by atoms with Crippen LogP contribution < -0.4 is 14.8 Å². The maximum absolute atomic E-state index is 11.7. The Balaban J connectivity index is 1.78. The number of benzene rings is 2. The molecule has 1 heterocycles. The molecule has 1 N–H and O–H groups in total. The second-order valence-electron chi connectivity index (χ2n) is 5.14. The van der Waals surface area contributed by atoms with Gasteiger partial charge in [0.05, 0.1) is 12.0 Å². The van der Waals surface area contributed by atoms with E-state index in [1.807, 2.05) is 36.4 Å². The van der Waals surface area contributed by atoms with Gasteiger partial charge in [0.2, 0.25) is 0 Å². The van der Waals surface area contributed by atoms with E-state index in [9.17, 15) is 4.79 Å². The average Bonchev–Trinajstić information content (AvgIpc) is 2.92. The third kappa shape index (κ3) is 4.34. The summed E-state index contributed by atoms with van der Waals surface area (Å²) in [5.74, 6) is 0.990. The smallest absolute Gasteiger partial charge is 0.263 e. The number of amides is 1. The van der Waals surface area contributed by atoms with E-state index in [0.29, 0.717) is 32.4 Å². The Hall–Kier alpha value is -2.02. The first-order valence-corrected chi connectivity index (χ1v) is 8.96. The molecule has 1 fully saturated rings. The van der Waals surface area contributed by atoms with Crippen molar-refractivity contribution >= 4 is 51.9 Å². The van der Waals surface area contributed by atoms with E-state index in [-0.39, 0.29) is 5.91 Å². The van der Waals surface area contributed by atoms with Gasteiger partial charge >= 0.3 is 0 Å². The summed E-state index contributed by atoms with van der Waals surface area (Å²) in [5.41, 5.74) is 1.72. The Labute approximate surface area is 160 Å². The number of halogens is 1. The van der Waals surface area contributed by atoms with Gasteiger partial charge in [-0.3, -0.25) is 4.79 Å². The highest BCUT2D eigenvalue weighted by atomic mass is 35.5. The normalized spacial score (nSPS) is 15.4. The largest absolute Gasteiger partial charge is 0.493 e. The van der Waals surface area contributed by atoms with Gasteiger partial charge in [-0.15, -0.1) is 0 Å². The quantitative estimate of drug-likeness (QED) is 0.604. The minimum atomic E-state index is -0.187. The van der Waals surface area contributed by atoms with Crippen LogP contribution in [0.2, 0.25) is 5.02 Å². The average molecular weight is 392 g/mol. The fraction of sp³-hybridized carbons (Fsp3) is 0.111. The lowest BCUT2D eigenvalue weighted by Gasteiger charge is -2.12. The lowest BCUT2D eigenvalue weighted by molar-refractivity contribution is -0.115. The van der Waals surface area contributed by atoms with Crippen LogP contribution >= 0.6 is 35.6 Å². The lowest BCUT2D eigenvalue weighted by Crippen LogP contribution is -2.17. The number of thiocarbonyl (C=S) groups is 1. The molecule has 128 valence electrons. The van der Waals surface area contributed by atoms with Crippen molar-refractivity contribution < 1.29 is 14.3 Å². The predicted octanol–water partition coefficient (Wildman–Crippen LogP) is 4.42. The first-order valence-electron chi connectivity index (χ1n) is 7.36. The minimum Gasteiger partial charge on any atom is -0.493 e. The van der Waals surface area contributed by atoms with E-state index in [4.69, 9.17) is 33.3 Å². The first-order chi connectivity index (χ1) is 12.1. The Morgan fingerprint density at radius 2 is 2.04 bits per heavy atom. The van der Waals surface area contributed by atoms with Gasteiger partial charge in [0, 0.05) is 10.6 Å². The molecule has 1 saturated heterocycles. The Kier molecular flexibility index (Phi) is 5.63. The third-order valence-electron chi connectivity index (χ3n) is 3.47. The van der Waals surface area contributed by atoms with Crippen LogP contribution in [0, 0.1) is 0 Å². The summed E-state index contributed by atoms with van der Waals surface area (Å²) >= 11 is 12.4. The highest BCUT2D eigenvalue weighted by Crippen LogP contribution is 2.32. The monoisotopic (exact) mass is 391 g/mol. The maximum atomic E-state index is 11.7. The number of rotatable bonds is 5. The zero-order chi connectivity index (χ0) is 17.8. The summed E-state index contributed by atoms with van der Waals surface area (Å²) in [7, 11) is 1.57. The summed E-state index contributed by atoms with van der Waals surface area (Å²) in [4.78, 5) is 12.3. The van der Waals surface area contributed by atoms with E-state index >= 15 is 0 Å². The van der Waals surface area contributed by atoms with Crippen LogP contribution in [0.5, 0.6) is 11.5 Å². The molecule has 2 aromatic carbocycles. The fourth-order valence-corrected chi connectivity index (χ4v) is 3.47. The number of nitrogens with one attached hydrogen (secondary N) is 1. The van der Waals surface area contributed by atoms with Crippen molar-refractivity contribution in [2.75, 3.05) is 7.11 Å². The number of ether oxygens (including phenoxy) is 2. The Morgan fingerprint density at radius 3 is 2.72 bits per heavy atom. The topological polar surface area (TPSA) is 47.6 Å². The molecular weight excluding hydrogens is 378 g/mol. The summed E-state index contributed by atoms with van der Waals surface area (Å²) in [6, 6.07) is 13.0. The molecule has 0 aliphatic carbocycles. The molecule has 1 aliphatic rings. The number of hydrogen-bond donors (Lipinski definition) is 1. The van der Waals surface area contributed by atoms with Crippen molar-refractivity contribution in [3.8, 4) is 11.5 Å². The SMILES string of the molecule is COc1cc(/C=C2\SC(=S)NC2=O)ccc1OCc1ccccc1Cl. The molecule has 0 saturated carbocycles. The van der Waals surface area contributed by atoms with E-state index in [2.05, 4.69) is 5.32 Å². The van der Waals surface area contributed by atoms with Gasteiger partial charge in [0.25, 0.3) is 5.91 Å². The molecular formula is C18H14ClNO3S2. The van der Waals surface area contributed by atoms with E-state index in [0.717, 1.165) is 11.1 Å². The van der Waals surface area contributed by atoms with Gasteiger partial charge in [-0.25, -0.2) is 0 Å². The molecule has 0 bridgehead atoms. The second-order valence-corrected chi connectivity index (χ2v) is 7.27. The molecule has 3 rings (SSSR count). The van der Waals surface area contributed by atoms with Crippen molar-refractivity contribution in [2.24, 2.45) is 0 Å². The van der Waals surface area contributed by atoms with Crippen molar-refractivity contribution in [1.82, 2.24) is 5.32 Å². The van der Waals surface area contributed by atoms with Crippen molar-refractivity contribution in [3.63, 3.8) is 0 Å². The Morgan fingerprint density at radius 1 is 1.24 bits per heavy atom. The highest BCUT2D eigenvalue weighted by molar-refractivity contribution is 8.26. The lowest BCUT2D eigenvalue weighted by atomic mass is 10.2. The number of thioether (sulfide) groups is 1. The van der Waals surface area contributed by atoms with Gasteiger partial charge in [0.15, 0.2) is 11.5 Å². The molecule has 0 unspecified atom stereocenters. The highest BCUT2D eigenvalue weighted by Gasteiger charge is 2.22. The van der Waals surface area contributed by atoms with Gasteiger partial charge in [-0.2, -0.15) is 0 Å². The summed E-state index contributed by atoms with van der Waals surface area (Å²) in [6.07, 6.45) is 1.76. The van der Waals surface area contributed by atoms with Crippen LogP contribution in [0.3, 0.4) is 0 Å². The molecule has 0 radical (unpaired) electrons. The molecule has 25 heavy (non-hydrogen) atoms. The maximum Gasteiger partial charge on any atom is 0.263 e. The summed E-state index contributed by atoms with van der Waals surface area (Å²) in [6.45, 7) is 0.336. The zero-order valence-corrected chi connectivity index (χ0v) is 15.6. The van der Waals surface area contributed by atoms with Crippen LogP contribution in [0.1, 0.15) is 11.1 Å². The van der Waals surface area contributed by atoms with Gasteiger partial charge < -0.3 is 14.8 Å². The van der Waals surface area contributed by atoms with Crippen LogP contribution in [-0.4, -0.2) is 17.3 Å². The third-order valence-corrected chi connectivity index (χ3v) is 5.00. The summed E-state index contributed by atoms with van der Waals surface area (Å²) in [5, 5.41) is 3.25. The molecule has 1 amide bonds. The van der Waals surface area contributed by atoms with E-state index in [1.165, 1.54) is 11.8 Å². The summed E-state index contributed by atoms with van der Waals surface area (Å²) < 4.78 is 11.7. The Bertz CT molecular complexity index is 867. The first kappa shape index (κ1) is 17.8. The van der Waals surface area contributed by atoms with Crippen LogP contribution in [0.25, 0.3) is 6.08 Å². The van der Waals surface area contributed by atoms with E-state index < -0.39 is 0 Å². The van der Waals surface area contributed by atoms with Crippen LogP contribution in [0.15, 0.2) is 47.4 Å². The number of carbonyl (C=O) groups excluding carboxylic acids is 1. The van der Waals surface area contributed by atoms with E-state index in [1.54, 1.807) is 19.3 Å². The van der Waals surface area contributed by atoms with Crippen LogP contribution in [0.4, 0.5) is 0 Å². The zero-order valence-electron chi connectivity index (χ0n) is 13.2. The van der Waals surface area contributed by atoms with Gasteiger partial charge in [0.1, 0.15) is 10.9 Å². The van der Waals surface area contributed by atoms with Gasteiger partial charge in [-0.1, -0.05) is 59.8 Å². The fourth-order valence-electron chi connectivity index (χ4n) is 2.24. The van der Waals surface area contributed by atoms with Crippen LogP contribution in [-0.2, 0) is 11.4 Å². The number of methoxy groups -OCH3 is 1. The second kappa shape index (κ2) is 7.91. The molecule has 1 aliphatic heterocycles. The molecule has 0 aromatic heterocycles.